The standard InChI is InChI=1S/C25H25FN8O2.H2/c1-36-22-6-5-21(32-9-8-27-15-32)19(24(22)26)10-28-25(35)20-14-34(31-30-20)13-18-12-33-11-17(16-2-3-16)4-7-23(33)29-18;/h4-9,11-12,14-16,30-31H,2-3,10,13H2,1H3,(H,28,35);1H. The molecule has 0 saturated heterocycles. The van der Waals surface area contributed by atoms with Gasteiger partial charge in [-0.3, -0.25) is 15.2 Å². The molecule has 1 fully saturated rings. The van der Waals surface area contributed by atoms with E-state index in [1.165, 1.54) is 25.5 Å². The molecule has 4 aromatic rings. The smallest absolute Gasteiger partial charge is 0.270 e. The van der Waals surface area contributed by atoms with Gasteiger partial charge in [-0.2, -0.15) is 0 Å². The van der Waals surface area contributed by atoms with Gasteiger partial charge in [0.25, 0.3) is 5.91 Å². The Bertz CT molecular complexity index is 1470. The molecule has 1 aromatic carbocycles. The third kappa shape index (κ3) is 4.24. The Hall–Kier alpha value is -4.38. The number of amides is 1. The predicted molar refractivity (Wildman–Crippen MR) is 131 cm³/mol. The van der Waals surface area contributed by atoms with Crippen LogP contribution in [0.15, 0.2) is 67.3 Å². The first-order chi connectivity index (χ1) is 17.6. The first kappa shape index (κ1) is 22.1. The fraction of sp³-hybridized carbons (Fsp3) is 0.240. The van der Waals surface area contributed by atoms with E-state index >= 15 is 4.39 Å². The highest BCUT2D eigenvalue weighted by Gasteiger charge is 2.24. The molecular formula is C25H27FN8O2. The highest BCUT2D eigenvalue weighted by atomic mass is 19.1. The molecule has 1 aliphatic heterocycles. The van der Waals surface area contributed by atoms with Gasteiger partial charge in [0.1, 0.15) is 11.3 Å². The summed E-state index contributed by atoms with van der Waals surface area (Å²) in [4.78, 5) is 21.5. The van der Waals surface area contributed by atoms with Crippen molar-refractivity contribution in [3.05, 3.63) is 89.9 Å². The molecule has 1 saturated carbocycles. The van der Waals surface area contributed by atoms with Crippen molar-refractivity contribution in [3.8, 4) is 11.4 Å². The van der Waals surface area contributed by atoms with Crippen molar-refractivity contribution in [2.24, 2.45) is 0 Å². The minimum absolute atomic E-state index is 0. The highest BCUT2D eigenvalue weighted by molar-refractivity contribution is 5.92. The van der Waals surface area contributed by atoms with E-state index in [1.807, 2.05) is 16.7 Å². The molecule has 3 aromatic heterocycles. The number of halogens is 1. The average molecular weight is 491 g/mol. The van der Waals surface area contributed by atoms with Crippen LogP contribution in [0, 0.1) is 5.82 Å². The number of imidazole rings is 2. The summed E-state index contributed by atoms with van der Waals surface area (Å²) in [5.41, 5.74) is 10.1. The van der Waals surface area contributed by atoms with Gasteiger partial charge in [0.05, 0.1) is 31.4 Å². The number of pyridine rings is 1. The van der Waals surface area contributed by atoms with E-state index in [0.717, 1.165) is 11.3 Å². The van der Waals surface area contributed by atoms with Crippen LogP contribution in [0.5, 0.6) is 5.75 Å². The van der Waals surface area contributed by atoms with Crippen LogP contribution in [0.1, 0.15) is 37.0 Å². The van der Waals surface area contributed by atoms with E-state index in [2.05, 4.69) is 38.5 Å². The van der Waals surface area contributed by atoms with Gasteiger partial charge in [-0.15, -0.1) is 5.53 Å². The van der Waals surface area contributed by atoms with E-state index in [4.69, 9.17) is 4.74 Å². The van der Waals surface area contributed by atoms with Crippen LogP contribution in [-0.4, -0.2) is 37.0 Å². The quantitative estimate of drug-likeness (QED) is 0.349. The average Bonchev–Trinajstić information content (AvgIpc) is 3.24. The van der Waals surface area contributed by atoms with Crippen LogP contribution >= 0.6 is 0 Å². The molecule has 6 rings (SSSR count). The topological polar surface area (TPSA) is 101 Å². The van der Waals surface area contributed by atoms with Crippen LogP contribution in [-0.2, 0) is 17.9 Å². The number of aromatic nitrogens is 4. The molecular weight excluding hydrogens is 463 g/mol. The summed E-state index contributed by atoms with van der Waals surface area (Å²) in [7, 11) is 1.40. The molecule has 4 heterocycles. The van der Waals surface area contributed by atoms with Gasteiger partial charge in [-0.05, 0) is 42.5 Å². The summed E-state index contributed by atoms with van der Waals surface area (Å²) in [5, 5.41) is 4.52. The number of nitrogens with one attached hydrogen (secondary N) is 3. The van der Waals surface area contributed by atoms with Gasteiger partial charge in [0, 0.05) is 44.5 Å². The van der Waals surface area contributed by atoms with Crippen LogP contribution < -0.4 is 21.0 Å². The minimum Gasteiger partial charge on any atom is -0.494 e. The van der Waals surface area contributed by atoms with Crippen molar-refractivity contribution in [2.45, 2.75) is 31.8 Å². The van der Waals surface area contributed by atoms with Crippen LogP contribution in [0.3, 0.4) is 0 Å². The lowest BCUT2D eigenvalue weighted by atomic mass is 10.1. The Balaban J connectivity index is 0.00000280. The zero-order valence-electron chi connectivity index (χ0n) is 19.6. The van der Waals surface area contributed by atoms with Gasteiger partial charge in [0.2, 0.25) is 0 Å². The van der Waals surface area contributed by atoms with E-state index in [-0.39, 0.29) is 19.6 Å². The second-order valence-electron chi connectivity index (χ2n) is 8.87. The number of nitrogens with zero attached hydrogens (tertiary/aromatic N) is 5. The third-order valence-electron chi connectivity index (χ3n) is 6.38. The molecule has 10 nitrogen and oxygen atoms in total. The first-order valence-electron chi connectivity index (χ1n) is 11.7. The summed E-state index contributed by atoms with van der Waals surface area (Å²) in [5.74, 6) is -0.136. The Labute approximate surface area is 207 Å². The summed E-state index contributed by atoms with van der Waals surface area (Å²) in [6, 6.07) is 7.46. The number of carbonyl (C=O) groups excluding carboxylic acids is 1. The zero-order chi connectivity index (χ0) is 24.6. The largest absolute Gasteiger partial charge is 0.494 e. The molecule has 11 heteroatoms. The number of ether oxygens (including phenoxy) is 1. The second-order valence-corrected chi connectivity index (χ2v) is 8.87. The molecule has 0 spiro atoms. The van der Waals surface area contributed by atoms with Crippen molar-refractivity contribution >= 4 is 11.6 Å². The Morgan fingerprint density at radius 1 is 1.28 bits per heavy atom. The summed E-state index contributed by atoms with van der Waals surface area (Å²) in [6.07, 6.45) is 13.2. The first-order valence-corrected chi connectivity index (χ1v) is 11.7. The number of rotatable bonds is 8. The van der Waals surface area contributed by atoms with Gasteiger partial charge in [-0.25, -0.2) is 14.4 Å². The Kier molecular flexibility index (Phi) is 5.53. The van der Waals surface area contributed by atoms with Gasteiger partial charge < -0.3 is 19.0 Å². The minimum atomic E-state index is -0.534. The lowest BCUT2D eigenvalue weighted by Crippen LogP contribution is -2.38. The van der Waals surface area contributed by atoms with Gasteiger partial charge >= 0.3 is 0 Å². The zero-order valence-corrected chi connectivity index (χ0v) is 19.6. The summed E-state index contributed by atoms with van der Waals surface area (Å²) >= 11 is 0. The maximum Gasteiger partial charge on any atom is 0.270 e. The number of fused-ring (bicyclic) bond motifs is 1. The molecule has 3 N–H and O–H groups in total. The second kappa shape index (κ2) is 9.00. The highest BCUT2D eigenvalue weighted by Crippen LogP contribution is 2.39. The molecule has 186 valence electrons. The van der Waals surface area contributed by atoms with Crippen LogP contribution in [0.4, 0.5) is 4.39 Å². The molecule has 36 heavy (non-hydrogen) atoms. The number of benzene rings is 1. The summed E-state index contributed by atoms with van der Waals surface area (Å²) in [6.45, 7) is 0.420. The van der Waals surface area contributed by atoms with Crippen molar-refractivity contribution in [3.63, 3.8) is 0 Å². The van der Waals surface area contributed by atoms with E-state index in [1.54, 1.807) is 46.6 Å². The molecule has 0 atom stereocenters. The van der Waals surface area contributed by atoms with Crippen LogP contribution in [0.2, 0.25) is 0 Å². The number of hydrogen-bond donors (Lipinski definition) is 3. The van der Waals surface area contributed by atoms with E-state index in [9.17, 15) is 4.79 Å². The molecule has 0 radical (unpaired) electrons. The molecule has 0 unspecified atom stereocenters. The maximum atomic E-state index is 15.0. The Morgan fingerprint density at radius 3 is 2.94 bits per heavy atom. The van der Waals surface area contributed by atoms with Crippen molar-refractivity contribution in [2.75, 3.05) is 7.11 Å². The van der Waals surface area contributed by atoms with Crippen molar-refractivity contribution in [1.29, 1.82) is 0 Å². The predicted octanol–water partition coefficient (Wildman–Crippen LogP) is 2.77. The molecule has 0 bridgehead atoms. The number of carbonyl (C=O) groups is 1. The molecule has 2 aliphatic rings. The lowest BCUT2D eigenvalue weighted by molar-refractivity contribution is -0.118. The Morgan fingerprint density at radius 2 is 2.17 bits per heavy atom. The normalized spacial score (nSPS) is 15.2. The number of methoxy groups -OCH3 is 1. The maximum absolute atomic E-state index is 15.0. The molecule has 1 aliphatic carbocycles. The van der Waals surface area contributed by atoms with Crippen molar-refractivity contribution in [1.82, 2.24) is 40.2 Å². The monoisotopic (exact) mass is 490 g/mol. The van der Waals surface area contributed by atoms with E-state index in [0.29, 0.717) is 29.4 Å². The van der Waals surface area contributed by atoms with Gasteiger partial charge in [0.15, 0.2) is 11.6 Å². The van der Waals surface area contributed by atoms with E-state index < -0.39 is 5.82 Å². The fourth-order valence-electron chi connectivity index (χ4n) is 4.35. The lowest BCUT2D eigenvalue weighted by Gasteiger charge is -2.15. The third-order valence-corrected chi connectivity index (χ3v) is 6.38. The number of hydrogen-bond acceptors (Lipinski definition) is 7. The van der Waals surface area contributed by atoms with Crippen molar-refractivity contribution < 1.29 is 15.3 Å². The molecule has 1 amide bonds. The SMILES string of the molecule is COc1ccc(-n2ccnc2)c(CNC(=O)C2=CN(Cc3cn4cc(C5CC5)ccc4n3)NN2)c1F.[HH]. The fourth-order valence-corrected chi connectivity index (χ4v) is 4.35. The summed E-state index contributed by atoms with van der Waals surface area (Å²) < 4.78 is 23.9. The van der Waals surface area contributed by atoms with Crippen LogP contribution in [0.25, 0.3) is 11.3 Å². The van der Waals surface area contributed by atoms with Gasteiger partial charge in [-0.1, -0.05) is 6.07 Å². The number of hydrazine groups is 2.